The Bertz CT molecular complexity index is 1200. The van der Waals surface area contributed by atoms with E-state index < -0.39 is 6.04 Å². The number of halogens is 3. The molecule has 4 rings (SSSR count). The Kier molecular flexibility index (Phi) is 9.59. The molecule has 1 N–H and O–H groups in total. The minimum absolute atomic E-state index is 0.0352. The topological polar surface area (TPSA) is 49.4 Å². The number of hydrogen-bond acceptors (Lipinski definition) is 2. The van der Waals surface area contributed by atoms with E-state index in [2.05, 4.69) is 5.32 Å². The van der Waals surface area contributed by atoms with Crippen LogP contribution in [-0.4, -0.2) is 28.8 Å². The molecule has 2 amide bonds. The van der Waals surface area contributed by atoms with Crippen LogP contribution < -0.4 is 5.32 Å². The third-order valence-corrected chi connectivity index (χ3v) is 7.43. The second kappa shape index (κ2) is 13.1. The van der Waals surface area contributed by atoms with Crippen molar-refractivity contribution in [2.24, 2.45) is 0 Å². The van der Waals surface area contributed by atoms with Crippen molar-refractivity contribution in [2.45, 2.75) is 63.6 Å². The number of nitrogens with zero attached hydrogens (tertiary/aromatic N) is 1. The quantitative estimate of drug-likeness (QED) is 0.325. The molecule has 37 heavy (non-hydrogen) atoms. The van der Waals surface area contributed by atoms with Crippen LogP contribution in [0.1, 0.15) is 48.8 Å². The van der Waals surface area contributed by atoms with Gasteiger partial charge < -0.3 is 10.2 Å². The molecule has 0 aliphatic heterocycles. The van der Waals surface area contributed by atoms with Crippen molar-refractivity contribution in [1.82, 2.24) is 10.2 Å². The van der Waals surface area contributed by atoms with Crippen LogP contribution in [0.4, 0.5) is 4.39 Å². The molecule has 7 heteroatoms. The van der Waals surface area contributed by atoms with Gasteiger partial charge in [-0.25, -0.2) is 4.39 Å². The van der Waals surface area contributed by atoms with Crippen molar-refractivity contribution in [3.8, 4) is 0 Å². The standard InChI is InChI=1S/C30H31Cl2FN2O2/c31-24-14-13-23(27(32)19-24)20-35(29(36)18-22-11-15-25(33)16-12-22)28(17-21-7-3-1-4-8-21)30(37)34-26-9-5-2-6-10-26/h1,3-4,7-8,11-16,19,26,28H,2,5-6,9-10,17-18,20H2,(H,34,37)/t28-/m0/s1. The summed E-state index contributed by atoms with van der Waals surface area (Å²) in [7, 11) is 0. The molecule has 0 saturated heterocycles. The van der Waals surface area contributed by atoms with Crippen LogP contribution in [-0.2, 0) is 29.0 Å². The maximum atomic E-state index is 13.8. The van der Waals surface area contributed by atoms with Crippen molar-refractivity contribution >= 4 is 35.0 Å². The van der Waals surface area contributed by atoms with Crippen molar-refractivity contribution in [1.29, 1.82) is 0 Å². The highest BCUT2D eigenvalue weighted by Crippen LogP contribution is 2.25. The lowest BCUT2D eigenvalue weighted by Gasteiger charge is -2.34. The molecule has 3 aromatic carbocycles. The lowest BCUT2D eigenvalue weighted by molar-refractivity contribution is -0.141. The SMILES string of the molecule is O=C(NC1CCCCC1)[C@H](Cc1ccccc1)N(Cc1ccc(Cl)cc1Cl)C(=O)Cc1ccc(F)cc1. The fourth-order valence-electron chi connectivity index (χ4n) is 4.81. The van der Waals surface area contributed by atoms with Crippen LogP contribution in [0.5, 0.6) is 0 Å². The van der Waals surface area contributed by atoms with Gasteiger partial charge in [-0.2, -0.15) is 0 Å². The van der Waals surface area contributed by atoms with Gasteiger partial charge in [-0.1, -0.05) is 91.0 Å². The first-order chi connectivity index (χ1) is 17.9. The second-order valence-electron chi connectivity index (χ2n) is 9.61. The van der Waals surface area contributed by atoms with Gasteiger partial charge in [0.2, 0.25) is 11.8 Å². The summed E-state index contributed by atoms with van der Waals surface area (Å²) in [5.74, 6) is -0.777. The normalized spacial score (nSPS) is 14.7. The van der Waals surface area contributed by atoms with Crippen LogP contribution in [0.25, 0.3) is 0 Å². The molecule has 0 bridgehead atoms. The highest BCUT2D eigenvalue weighted by atomic mass is 35.5. The molecule has 1 fully saturated rings. The maximum Gasteiger partial charge on any atom is 0.243 e. The van der Waals surface area contributed by atoms with Crippen molar-refractivity contribution in [2.75, 3.05) is 0 Å². The molecular formula is C30H31Cl2FN2O2. The predicted octanol–water partition coefficient (Wildman–Crippen LogP) is 6.76. The monoisotopic (exact) mass is 540 g/mol. The summed E-state index contributed by atoms with van der Waals surface area (Å²) in [5, 5.41) is 4.14. The lowest BCUT2D eigenvalue weighted by Crippen LogP contribution is -2.53. The number of benzene rings is 3. The zero-order valence-corrected chi connectivity index (χ0v) is 22.1. The van der Waals surface area contributed by atoms with Gasteiger partial charge in [0.1, 0.15) is 11.9 Å². The molecule has 4 nitrogen and oxygen atoms in total. The maximum absolute atomic E-state index is 13.8. The third kappa shape index (κ3) is 7.80. The fourth-order valence-corrected chi connectivity index (χ4v) is 5.28. The van der Waals surface area contributed by atoms with E-state index in [1.165, 1.54) is 18.6 Å². The zero-order chi connectivity index (χ0) is 26.2. The largest absolute Gasteiger partial charge is 0.352 e. The number of nitrogens with one attached hydrogen (secondary N) is 1. The van der Waals surface area contributed by atoms with Crippen molar-refractivity contribution in [3.63, 3.8) is 0 Å². The lowest BCUT2D eigenvalue weighted by atomic mass is 9.94. The molecule has 0 heterocycles. The van der Waals surface area contributed by atoms with Gasteiger partial charge in [-0.15, -0.1) is 0 Å². The van der Waals surface area contributed by atoms with Crippen LogP contribution in [0.15, 0.2) is 72.8 Å². The van der Waals surface area contributed by atoms with Crippen molar-refractivity contribution < 1.29 is 14.0 Å². The number of carbonyl (C=O) groups excluding carboxylic acids is 2. The van der Waals surface area contributed by atoms with Gasteiger partial charge in [0.05, 0.1) is 6.42 Å². The molecule has 0 aromatic heterocycles. The molecule has 3 aromatic rings. The average Bonchev–Trinajstić information content (AvgIpc) is 2.89. The van der Waals surface area contributed by atoms with Gasteiger partial charge in [0, 0.05) is 29.1 Å². The van der Waals surface area contributed by atoms with E-state index in [0.29, 0.717) is 27.6 Å². The Balaban J connectivity index is 1.67. The van der Waals surface area contributed by atoms with Crippen LogP contribution in [0.3, 0.4) is 0 Å². The summed E-state index contributed by atoms with van der Waals surface area (Å²) in [6.07, 6.45) is 5.63. The highest BCUT2D eigenvalue weighted by molar-refractivity contribution is 6.35. The summed E-state index contributed by atoms with van der Waals surface area (Å²) >= 11 is 12.6. The number of carbonyl (C=O) groups is 2. The summed E-state index contributed by atoms with van der Waals surface area (Å²) in [5.41, 5.74) is 2.32. The average molecular weight is 541 g/mol. The van der Waals surface area contributed by atoms with Gasteiger partial charge in [0.25, 0.3) is 0 Å². The molecule has 0 radical (unpaired) electrons. The first-order valence-corrected chi connectivity index (χ1v) is 13.5. The van der Waals surface area contributed by atoms with E-state index in [1.807, 2.05) is 30.3 Å². The van der Waals surface area contributed by atoms with Crippen molar-refractivity contribution in [3.05, 3.63) is 105 Å². The highest BCUT2D eigenvalue weighted by Gasteiger charge is 2.32. The number of hydrogen-bond donors (Lipinski definition) is 1. The van der Waals surface area contributed by atoms with Gasteiger partial charge in [-0.3, -0.25) is 9.59 Å². The smallest absolute Gasteiger partial charge is 0.243 e. The van der Waals surface area contributed by atoms with E-state index in [0.717, 1.165) is 31.2 Å². The molecule has 194 valence electrons. The predicted molar refractivity (Wildman–Crippen MR) is 146 cm³/mol. The van der Waals surface area contributed by atoms with E-state index in [-0.39, 0.29) is 36.6 Å². The fraction of sp³-hybridized carbons (Fsp3) is 0.333. The van der Waals surface area contributed by atoms with E-state index in [9.17, 15) is 14.0 Å². The Morgan fingerprint density at radius 1 is 0.919 bits per heavy atom. The minimum atomic E-state index is -0.746. The van der Waals surface area contributed by atoms with Crippen LogP contribution in [0.2, 0.25) is 10.0 Å². The summed E-state index contributed by atoms with van der Waals surface area (Å²) in [6, 6.07) is 20.0. The molecule has 1 atom stereocenters. The molecule has 0 unspecified atom stereocenters. The molecule has 0 spiro atoms. The second-order valence-corrected chi connectivity index (χ2v) is 10.5. The van der Waals surface area contributed by atoms with Gasteiger partial charge in [0.15, 0.2) is 0 Å². The number of amides is 2. The van der Waals surface area contributed by atoms with Crippen LogP contribution in [0, 0.1) is 5.82 Å². The van der Waals surface area contributed by atoms with Gasteiger partial charge >= 0.3 is 0 Å². The van der Waals surface area contributed by atoms with E-state index in [4.69, 9.17) is 23.2 Å². The Labute approximate surface area is 227 Å². The molecular weight excluding hydrogens is 510 g/mol. The summed E-state index contributed by atoms with van der Waals surface area (Å²) in [6.45, 7) is 0.144. The van der Waals surface area contributed by atoms with Gasteiger partial charge in [-0.05, 0) is 53.8 Å². The van der Waals surface area contributed by atoms with E-state index >= 15 is 0 Å². The van der Waals surface area contributed by atoms with Crippen LogP contribution >= 0.6 is 23.2 Å². The molecule has 1 saturated carbocycles. The molecule has 1 aliphatic rings. The third-order valence-electron chi connectivity index (χ3n) is 6.85. The summed E-state index contributed by atoms with van der Waals surface area (Å²) in [4.78, 5) is 29.2. The Hall–Kier alpha value is -2.89. The number of rotatable bonds is 9. The summed E-state index contributed by atoms with van der Waals surface area (Å²) < 4.78 is 13.5. The molecule has 1 aliphatic carbocycles. The first-order valence-electron chi connectivity index (χ1n) is 12.7. The van der Waals surface area contributed by atoms with E-state index in [1.54, 1.807) is 35.2 Å². The first kappa shape index (κ1) is 27.2. The zero-order valence-electron chi connectivity index (χ0n) is 20.6. The minimum Gasteiger partial charge on any atom is -0.352 e. The Morgan fingerprint density at radius 3 is 2.30 bits per heavy atom. The Morgan fingerprint density at radius 2 is 1.62 bits per heavy atom.